The average molecular weight is 214 g/mol. The minimum atomic E-state index is -0.381. The molecular formula is C11H22N2O2. The Hall–Kier alpha value is -0.420. The zero-order valence-electron chi connectivity index (χ0n) is 9.56. The van der Waals surface area contributed by atoms with Gasteiger partial charge in [-0.15, -0.1) is 6.58 Å². The standard InChI is InChI=1S/C11H22N2O2/c1-3-8-15-10-11(14)9-13-6-4-12(2)5-7-13/h3,11,14H,1,4-10H2,2H3/t11-/m0/s1. The van der Waals surface area contributed by atoms with Gasteiger partial charge in [0.05, 0.1) is 19.3 Å². The molecule has 4 nitrogen and oxygen atoms in total. The van der Waals surface area contributed by atoms with Gasteiger partial charge < -0.3 is 14.7 Å². The Kier molecular flexibility index (Phi) is 5.86. The third kappa shape index (κ3) is 5.28. The number of rotatable bonds is 6. The second kappa shape index (κ2) is 6.95. The molecule has 0 spiro atoms. The molecule has 0 amide bonds. The summed E-state index contributed by atoms with van der Waals surface area (Å²) < 4.78 is 5.20. The smallest absolute Gasteiger partial charge is 0.0900 e. The summed E-state index contributed by atoms with van der Waals surface area (Å²) in [4.78, 5) is 4.58. The molecule has 0 aromatic carbocycles. The molecule has 0 aromatic rings. The number of likely N-dealkylation sites (N-methyl/N-ethyl adjacent to an activating group) is 1. The van der Waals surface area contributed by atoms with Crippen molar-refractivity contribution in [2.75, 3.05) is 53.0 Å². The van der Waals surface area contributed by atoms with Crippen LogP contribution in [0.2, 0.25) is 0 Å². The summed E-state index contributed by atoms with van der Waals surface area (Å²) in [6.45, 7) is 9.43. The van der Waals surface area contributed by atoms with E-state index in [1.54, 1.807) is 6.08 Å². The third-order valence-corrected chi connectivity index (χ3v) is 2.61. The Bertz CT molecular complexity index is 179. The average Bonchev–Trinajstić information content (AvgIpc) is 2.22. The van der Waals surface area contributed by atoms with E-state index in [1.807, 2.05) is 0 Å². The van der Waals surface area contributed by atoms with Crippen LogP contribution in [0.25, 0.3) is 0 Å². The van der Waals surface area contributed by atoms with Gasteiger partial charge in [0.2, 0.25) is 0 Å². The van der Waals surface area contributed by atoms with Crippen molar-refractivity contribution in [2.24, 2.45) is 0 Å². The second-order valence-electron chi connectivity index (χ2n) is 4.08. The summed E-state index contributed by atoms with van der Waals surface area (Å²) in [6.07, 6.45) is 1.32. The van der Waals surface area contributed by atoms with Crippen LogP contribution in [0.15, 0.2) is 12.7 Å². The molecule has 15 heavy (non-hydrogen) atoms. The molecule has 1 fully saturated rings. The predicted octanol–water partition coefficient (Wildman–Crippen LogP) is -0.203. The molecule has 1 N–H and O–H groups in total. The van der Waals surface area contributed by atoms with E-state index < -0.39 is 0 Å². The van der Waals surface area contributed by atoms with Crippen LogP contribution in [-0.4, -0.2) is 74.0 Å². The minimum absolute atomic E-state index is 0.381. The Balaban J connectivity index is 2.09. The molecule has 0 unspecified atom stereocenters. The van der Waals surface area contributed by atoms with Crippen molar-refractivity contribution in [1.82, 2.24) is 9.80 Å². The van der Waals surface area contributed by atoms with Crippen LogP contribution in [0.4, 0.5) is 0 Å². The third-order valence-electron chi connectivity index (χ3n) is 2.61. The second-order valence-corrected chi connectivity index (χ2v) is 4.08. The first kappa shape index (κ1) is 12.6. The molecule has 88 valence electrons. The molecule has 1 aliphatic heterocycles. The van der Waals surface area contributed by atoms with Gasteiger partial charge >= 0.3 is 0 Å². The first-order chi connectivity index (χ1) is 7.22. The highest BCUT2D eigenvalue weighted by Gasteiger charge is 2.16. The molecule has 0 saturated carbocycles. The number of β-amino-alcohol motifs (C(OH)–C–C–N with tert-alkyl or cyclic N) is 1. The topological polar surface area (TPSA) is 35.9 Å². The van der Waals surface area contributed by atoms with E-state index in [4.69, 9.17) is 4.74 Å². The Morgan fingerprint density at radius 3 is 2.67 bits per heavy atom. The molecule has 1 aliphatic rings. The fourth-order valence-electron chi connectivity index (χ4n) is 1.67. The molecule has 1 atom stereocenters. The maximum Gasteiger partial charge on any atom is 0.0900 e. The summed E-state index contributed by atoms with van der Waals surface area (Å²) in [5, 5.41) is 9.68. The molecule has 0 aliphatic carbocycles. The van der Waals surface area contributed by atoms with Crippen molar-refractivity contribution in [3.8, 4) is 0 Å². The van der Waals surface area contributed by atoms with Crippen molar-refractivity contribution < 1.29 is 9.84 Å². The summed E-state index contributed by atoms with van der Waals surface area (Å²) in [6, 6.07) is 0. The lowest BCUT2D eigenvalue weighted by Gasteiger charge is -2.33. The number of ether oxygens (including phenoxy) is 1. The predicted molar refractivity (Wildman–Crippen MR) is 61.0 cm³/mol. The highest BCUT2D eigenvalue weighted by atomic mass is 16.5. The number of aliphatic hydroxyl groups is 1. The molecular weight excluding hydrogens is 192 g/mol. The van der Waals surface area contributed by atoms with Crippen LogP contribution < -0.4 is 0 Å². The van der Waals surface area contributed by atoms with Crippen LogP contribution in [0.3, 0.4) is 0 Å². The van der Waals surface area contributed by atoms with Crippen LogP contribution >= 0.6 is 0 Å². The SMILES string of the molecule is C=CCOC[C@@H](O)CN1CCN(C)CC1. The van der Waals surface area contributed by atoms with Gasteiger partial charge in [-0.25, -0.2) is 0 Å². The van der Waals surface area contributed by atoms with Crippen molar-refractivity contribution in [2.45, 2.75) is 6.10 Å². The number of hydrogen-bond acceptors (Lipinski definition) is 4. The molecule has 4 heteroatoms. The minimum Gasteiger partial charge on any atom is -0.389 e. The Morgan fingerprint density at radius 1 is 1.40 bits per heavy atom. The summed E-state index contributed by atoms with van der Waals surface area (Å²) in [7, 11) is 2.13. The highest BCUT2D eigenvalue weighted by Crippen LogP contribution is 2.00. The normalized spacial score (nSPS) is 21.5. The van der Waals surface area contributed by atoms with Gasteiger partial charge in [-0.2, -0.15) is 0 Å². The van der Waals surface area contributed by atoms with Crippen molar-refractivity contribution in [3.05, 3.63) is 12.7 Å². The quantitative estimate of drug-likeness (QED) is 0.490. The molecule has 0 aromatic heterocycles. The van der Waals surface area contributed by atoms with E-state index in [0.29, 0.717) is 19.8 Å². The Labute approximate surface area is 92.1 Å². The van der Waals surface area contributed by atoms with E-state index in [2.05, 4.69) is 23.4 Å². The fourth-order valence-corrected chi connectivity index (χ4v) is 1.67. The van der Waals surface area contributed by atoms with Crippen LogP contribution in [-0.2, 0) is 4.74 Å². The van der Waals surface area contributed by atoms with E-state index >= 15 is 0 Å². The maximum atomic E-state index is 9.68. The van der Waals surface area contributed by atoms with Gasteiger partial charge in [0.25, 0.3) is 0 Å². The van der Waals surface area contributed by atoms with Gasteiger partial charge in [-0.3, -0.25) is 4.90 Å². The van der Waals surface area contributed by atoms with Gasteiger partial charge in [-0.1, -0.05) is 6.08 Å². The first-order valence-corrected chi connectivity index (χ1v) is 5.50. The molecule has 1 heterocycles. The number of piperazine rings is 1. The number of nitrogens with zero attached hydrogens (tertiary/aromatic N) is 2. The van der Waals surface area contributed by atoms with E-state index in [9.17, 15) is 5.11 Å². The van der Waals surface area contributed by atoms with E-state index in [-0.39, 0.29) is 6.10 Å². The zero-order chi connectivity index (χ0) is 11.1. The highest BCUT2D eigenvalue weighted by molar-refractivity contribution is 4.72. The zero-order valence-corrected chi connectivity index (χ0v) is 9.56. The molecule has 0 bridgehead atoms. The van der Waals surface area contributed by atoms with Gasteiger partial charge in [0.15, 0.2) is 0 Å². The van der Waals surface area contributed by atoms with Gasteiger partial charge in [0, 0.05) is 32.7 Å². The van der Waals surface area contributed by atoms with Crippen molar-refractivity contribution >= 4 is 0 Å². The lowest BCUT2D eigenvalue weighted by atomic mass is 10.3. The first-order valence-electron chi connectivity index (χ1n) is 5.50. The van der Waals surface area contributed by atoms with Gasteiger partial charge in [0.1, 0.15) is 0 Å². The molecule has 1 saturated heterocycles. The maximum absolute atomic E-state index is 9.68. The van der Waals surface area contributed by atoms with Crippen LogP contribution in [0.1, 0.15) is 0 Å². The van der Waals surface area contributed by atoms with E-state index in [0.717, 1.165) is 26.2 Å². The molecule has 1 rings (SSSR count). The summed E-state index contributed by atoms with van der Waals surface area (Å²) in [5.74, 6) is 0. The number of aliphatic hydroxyl groups excluding tert-OH is 1. The monoisotopic (exact) mass is 214 g/mol. The summed E-state index contributed by atoms with van der Waals surface area (Å²) in [5.41, 5.74) is 0. The molecule has 0 radical (unpaired) electrons. The van der Waals surface area contributed by atoms with Crippen molar-refractivity contribution in [1.29, 1.82) is 0 Å². The Morgan fingerprint density at radius 2 is 2.07 bits per heavy atom. The van der Waals surface area contributed by atoms with Crippen molar-refractivity contribution in [3.63, 3.8) is 0 Å². The summed E-state index contributed by atoms with van der Waals surface area (Å²) >= 11 is 0. The lowest BCUT2D eigenvalue weighted by Crippen LogP contribution is -2.47. The fraction of sp³-hybridized carbons (Fsp3) is 0.818. The number of hydrogen-bond donors (Lipinski definition) is 1. The lowest BCUT2D eigenvalue weighted by molar-refractivity contribution is 0.0171. The van der Waals surface area contributed by atoms with Gasteiger partial charge in [-0.05, 0) is 7.05 Å². The van der Waals surface area contributed by atoms with Crippen LogP contribution in [0.5, 0.6) is 0 Å². The van der Waals surface area contributed by atoms with E-state index in [1.165, 1.54) is 0 Å². The van der Waals surface area contributed by atoms with Crippen LogP contribution in [0, 0.1) is 0 Å². The largest absolute Gasteiger partial charge is 0.389 e.